The van der Waals surface area contributed by atoms with Crippen LogP contribution in [0.1, 0.15) is 34.1 Å². The molecule has 0 radical (unpaired) electrons. The number of amides is 1. The average Bonchev–Trinajstić information content (AvgIpc) is 3.57. The standard InChI is InChI=1S/C27H30FN5O4/c1-36-25-8-4-3-6-20(25)7-5-15-32-17-22(33-18-23(30-31-33)27(35)37-2)16-24(32)26(34)29-14-13-19-9-11-21(28)12-10-19/h3-12,18,22,24H,13-17H2,1-2H3,(H,29,34)/b7-5+/t22-,24-/m0/s1. The number of esters is 1. The van der Waals surface area contributed by atoms with Crippen molar-refractivity contribution < 1.29 is 23.5 Å². The molecular formula is C27H30FN5O4. The zero-order valence-corrected chi connectivity index (χ0v) is 20.8. The molecule has 2 heterocycles. The molecule has 1 fully saturated rings. The third kappa shape index (κ3) is 6.59. The van der Waals surface area contributed by atoms with Gasteiger partial charge in [0, 0.05) is 25.2 Å². The number of rotatable bonds is 10. The fraction of sp³-hybridized carbons (Fsp3) is 0.333. The Kier molecular flexibility index (Phi) is 8.63. The molecular weight excluding hydrogens is 477 g/mol. The van der Waals surface area contributed by atoms with Crippen molar-refractivity contribution in [1.82, 2.24) is 25.2 Å². The molecule has 1 amide bonds. The van der Waals surface area contributed by atoms with E-state index in [9.17, 15) is 14.0 Å². The average molecular weight is 508 g/mol. The van der Waals surface area contributed by atoms with Gasteiger partial charge < -0.3 is 14.8 Å². The molecule has 3 aromatic rings. The number of aromatic nitrogens is 3. The summed E-state index contributed by atoms with van der Waals surface area (Å²) in [7, 11) is 2.92. The molecule has 10 heteroatoms. The van der Waals surface area contributed by atoms with Crippen molar-refractivity contribution >= 4 is 18.0 Å². The molecule has 2 aromatic carbocycles. The second-order valence-corrected chi connectivity index (χ2v) is 8.75. The summed E-state index contributed by atoms with van der Waals surface area (Å²) in [4.78, 5) is 27.1. The third-order valence-electron chi connectivity index (χ3n) is 6.37. The van der Waals surface area contributed by atoms with Gasteiger partial charge >= 0.3 is 5.97 Å². The predicted molar refractivity (Wildman–Crippen MR) is 136 cm³/mol. The molecule has 1 aliphatic rings. The molecule has 0 spiro atoms. The van der Waals surface area contributed by atoms with Crippen molar-refractivity contribution in [3.63, 3.8) is 0 Å². The Morgan fingerprint density at radius 2 is 1.95 bits per heavy atom. The van der Waals surface area contributed by atoms with Gasteiger partial charge in [0.05, 0.1) is 32.5 Å². The van der Waals surface area contributed by atoms with E-state index in [2.05, 4.69) is 20.5 Å². The van der Waals surface area contributed by atoms with Gasteiger partial charge in [-0.15, -0.1) is 5.10 Å². The number of carbonyl (C=O) groups is 2. The largest absolute Gasteiger partial charge is 0.496 e. The van der Waals surface area contributed by atoms with Crippen LogP contribution in [0, 0.1) is 5.82 Å². The van der Waals surface area contributed by atoms with E-state index in [1.54, 1.807) is 30.1 Å². The number of nitrogens with one attached hydrogen (secondary N) is 1. The van der Waals surface area contributed by atoms with Crippen LogP contribution in [0.5, 0.6) is 5.75 Å². The van der Waals surface area contributed by atoms with Gasteiger partial charge in [-0.25, -0.2) is 13.9 Å². The van der Waals surface area contributed by atoms with Gasteiger partial charge in [-0.05, 0) is 36.6 Å². The summed E-state index contributed by atoms with van der Waals surface area (Å²) in [6.45, 7) is 1.52. The zero-order valence-electron chi connectivity index (χ0n) is 20.8. The van der Waals surface area contributed by atoms with Crippen molar-refractivity contribution in [2.24, 2.45) is 0 Å². The second-order valence-electron chi connectivity index (χ2n) is 8.75. The number of ether oxygens (including phenoxy) is 2. The topological polar surface area (TPSA) is 98.6 Å². The van der Waals surface area contributed by atoms with Crippen molar-refractivity contribution in [3.05, 3.63) is 83.4 Å². The Balaban J connectivity index is 1.44. The fourth-order valence-electron chi connectivity index (χ4n) is 4.42. The molecule has 1 aromatic heterocycles. The first-order valence-electron chi connectivity index (χ1n) is 12.0. The molecule has 1 saturated heterocycles. The number of likely N-dealkylation sites (tertiary alicyclic amines) is 1. The lowest BCUT2D eigenvalue weighted by atomic mass is 10.1. The van der Waals surface area contributed by atoms with Gasteiger partial charge in [0.25, 0.3) is 0 Å². The number of halogens is 1. The van der Waals surface area contributed by atoms with Gasteiger partial charge in [0.1, 0.15) is 11.6 Å². The molecule has 0 saturated carbocycles. The molecule has 1 N–H and O–H groups in total. The summed E-state index contributed by atoms with van der Waals surface area (Å²) in [6.07, 6.45) is 6.63. The quantitative estimate of drug-likeness (QED) is 0.422. The monoisotopic (exact) mass is 507 g/mol. The molecule has 37 heavy (non-hydrogen) atoms. The lowest BCUT2D eigenvalue weighted by molar-refractivity contribution is -0.125. The third-order valence-corrected chi connectivity index (χ3v) is 6.37. The van der Waals surface area contributed by atoms with Gasteiger partial charge in [0.15, 0.2) is 5.69 Å². The van der Waals surface area contributed by atoms with Crippen molar-refractivity contribution in [2.45, 2.75) is 24.9 Å². The highest BCUT2D eigenvalue weighted by molar-refractivity contribution is 5.86. The fourth-order valence-corrected chi connectivity index (χ4v) is 4.42. The van der Waals surface area contributed by atoms with Crippen LogP contribution in [-0.2, 0) is 16.0 Å². The summed E-state index contributed by atoms with van der Waals surface area (Å²) in [5.74, 6) is -0.171. The van der Waals surface area contributed by atoms with E-state index in [4.69, 9.17) is 9.47 Å². The Labute approximate surface area is 214 Å². The lowest BCUT2D eigenvalue weighted by Gasteiger charge is -2.22. The molecule has 1 aliphatic heterocycles. The highest BCUT2D eigenvalue weighted by Crippen LogP contribution is 2.27. The van der Waals surface area contributed by atoms with Gasteiger partial charge in [-0.1, -0.05) is 47.7 Å². The predicted octanol–water partition coefficient (Wildman–Crippen LogP) is 2.90. The van der Waals surface area contributed by atoms with Gasteiger partial charge in [-0.3, -0.25) is 9.69 Å². The minimum absolute atomic E-state index is 0.0939. The number of hydrogen-bond donors (Lipinski definition) is 1. The van der Waals surface area contributed by atoms with E-state index in [1.165, 1.54) is 19.2 Å². The van der Waals surface area contributed by atoms with E-state index < -0.39 is 12.0 Å². The second kappa shape index (κ2) is 12.3. The zero-order chi connectivity index (χ0) is 26.2. The Hall–Kier alpha value is -4.05. The van der Waals surface area contributed by atoms with E-state index in [-0.39, 0.29) is 23.5 Å². The summed E-state index contributed by atoms with van der Waals surface area (Å²) in [5.41, 5.74) is 2.01. The van der Waals surface area contributed by atoms with Crippen LogP contribution < -0.4 is 10.1 Å². The smallest absolute Gasteiger partial charge is 0.360 e. The molecule has 9 nitrogen and oxygen atoms in total. The van der Waals surface area contributed by atoms with E-state index in [1.807, 2.05) is 36.4 Å². The normalized spacial score (nSPS) is 17.7. The van der Waals surface area contributed by atoms with Gasteiger partial charge in [0.2, 0.25) is 5.91 Å². The highest BCUT2D eigenvalue weighted by Gasteiger charge is 2.37. The van der Waals surface area contributed by atoms with E-state index in [0.717, 1.165) is 16.9 Å². The van der Waals surface area contributed by atoms with Crippen LogP contribution in [0.25, 0.3) is 6.08 Å². The summed E-state index contributed by atoms with van der Waals surface area (Å²) in [6, 6.07) is 13.4. The van der Waals surface area contributed by atoms with Crippen molar-refractivity contribution in [3.8, 4) is 5.75 Å². The lowest BCUT2D eigenvalue weighted by Crippen LogP contribution is -2.43. The summed E-state index contributed by atoms with van der Waals surface area (Å²) in [5, 5.41) is 11.0. The minimum atomic E-state index is -0.559. The van der Waals surface area contributed by atoms with Gasteiger partial charge in [-0.2, -0.15) is 0 Å². The number of benzene rings is 2. The van der Waals surface area contributed by atoms with E-state index in [0.29, 0.717) is 32.5 Å². The highest BCUT2D eigenvalue weighted by atomic mass is 19.1. The molecule has 4 rings (SSSR count). The molecule has 2 atom stereocenters. The number of nitrogens with zero attached hydrogens (tertiary/aromatic N) is 4. The maximum absolute atomic E-state index is 13.2. The first-order valence-corrected chi connectivity index (χ1v) is 12.0. The molecule has 0 unspecified atom stereocenters. The van der Waals surface area contributed by atoms with Crippen LogP contribution in [0.2, 0.25) is 0 Å². The SMILES string of the molecule is COC(=O)c1cn([C@H]2C[C@@H](C(=O)NCCc3ccc(F)cc3)N(C/C=C/c3ccccc3OC)C2)nn1. The maximum atomic E-state index is 13.2. The number of para-hydroxylation sites is 1. The minimum Gasteiger partial charge on any atom is -0.496 e. The van der Waals surface area contributed by atoms with Crippen molar-refractivity contribution in [1.29, 1.82) is 0 Å². The van der Waals surface area contributed by atoms with Crippen LogP contribution in [0.15, 0.2) is 60.8 Å². The van der Waals surface area contributed by atoms with Crippen LogP contribution in [0.3, 0.4) is 0 Å². The molecule has 194 valence electrons. The Morgan fingerprint density at radius 3 is 2.70 bits per heavy atom. The van der Waals surface area contributed by atoms with Crippen LogP contribution in [0.4, 0.5) is 4.39 Å². The number of methoxy groups -OCH3 is 2. The first kappa shape index (κ1) is 26.0. The maximum Gasteiger partial charge on any atom is 0.360 e. The Bertz CT molecular complexity index is 1240. The van der Waals surface area contributed by atoms with Crippen molar-refractivity contribution in [2.75, 3.05) is 33.9 Å². The van der Waals surface area contributed by atoms with E-state index >= 15 is 0 Å². The van der Waals surface area contributed by atoms with Crippen LogP contribution >= 0.6 is 0 Å². The summed E-state index contributed by atoms with van der Waals surface area (Å²) >= 11 is 0. The first-order chi connectivity index (χ1) is 18.0. The number of carbonyl (C=O) groups excluding carboxylic acids is 2. The Morgan fingerprint density at radius 1 is 1.16 bits per heavy atom. The molecule has 0 aliphatic carbocycles. The number of hydrogen-bond acceptors (Lipinski definition) is 7. The van der Waals surface area contributed by atoms with Crippen LogP contribution in [-0.4, -0.2) is 71.7 Å². The summed E-state index contributed by atoms with van der Waals surface area (Å²) < 4.78 is 24.9. The molecule has 0 bridgehead atoms.